The highest BCUT2D eigenvalue weighted by Gasteiger charge is 2.08. The third-order valence-electron chi connectivity index (χ3n) is 1.60. The van der Waals surface area contributed by atoms with Crippen molar-refractivity contribution in [3.63, 3.8) is 0 Å². The van der Waals surface area contributed by atoms with E-state index in [0.717, 1.165) is 5.56 Å². The highest BCUT2D eigenvalue weighted by Crippen LogP contribution is 2.17. The first-order valence-electron chi connectivity index (χ1n) is 3.61. The van der Waals surface area contributed by atoms with Crippen molar-refractivity contribution < 1.29 is 9.53 Å². The number of pyridine rings is 1. The minimum atomic E-state index is -0.486. The topological polar surface area (TPSA) is 43.5 Å². The number of carbonyl (C=O) groups is 1. The molecule has 66 valence electrons. The SMILES string of the molecule is [C-]#[N+]c1cnc(C(=O)OC)cc1C. The zero-order valence-electron chi connectivity index (χ0n) is 7.37. The van der Waals surface area contributed by atoms with Crippen LogP contribution in [0.2, 0.25) is 0 Å². The third-order valence-corrected chi connectivity index (χ3v) is 1.60. The van der Waals surface area contributed by atoms with Gasteiger partial charge in [0, 0.05) is 6.20 Å². The van der Waals surface area contributed by atoms with Crippen LogP contribution in [0.5, 0.6) is 0 Å². The zero-order valence-corrected chi connectivity index (χ0v) is 7.37. The lowest BCUT2D eigenvalue weighted by molar-refractivity contribution is 0.0594. The fourth-order valence-electron chi connectivity index (χ4n) is 0.882. The molecule has 0 aliphatic heterocycles. The van der Waals surface area contributed by atoms with Crippen LogP contribution in [0, 0.1) is 13.5 Å². The van der Waals surface area contributed by atoms with Crippen molar-refractivity contribution in [2.75, 3.05) is 7.11 Å². The van der Waals surface area contributed by atoms with Crippen LogP contribution in [0.1, 0.15) is 16.1 Å². The molecule has 0 atom stereocenters. The second-order valence-electron chi connectivity index (χ2n) is 2.46. The molecule has 0 unspecified atom stereocenters. The summed E-state index contributed by atoms with van der Waals surface area (Å²) in [6.45, 7) is 8.53. The Bertz CT molecular complexity index is 380. The summed E-state index contributed by atoms with van der Waals surface area (Å²) in [6.07, 6.45) is 1.37. The Kier molecular flexibility index (Phi) is 2.60. The van der Waals surface area contributed by atoms with Crippen LogP contribution in [-0.4, -0.2) is 18.1 Å². The minimum Gasteiger partial charge on any atom is -0.464 e. The number of methoxy groups -OCH3 is 1. The van der Waals surface area contributed by atoms with Gasteiger partial charge in [-0.05, 0) is 18.6 Å². The van der Waals surface area contributed by atoms with Crippen molar-refractivity contribution >= 4 is 11.7 Å². The van der Waals surface area contributed by atoms with E-state index in [0.29, 0.717) is 5.69 Å². The van der Waals surface area contributed by atoms with Gasteiger partial charge in [-0.3, -0.25) is 4.98 Å². The van der Waals surface area contributed by atoms with Gasteiger partial charge in [-0.2, -0.15) is 0 Å². The molecule has 0 spiro atoms. The maximum atomic E-state index is 11.0. The van der Waals surface area contributed by atoms with Crippen LogP contribution in [-0.2, 0) is 4.74 Å². The monoisotopic (exact) mass is 176 g/mol. The van der Waals surface area contributed by atoms with Crippen molar-refractivity contribution in [3.8, 4) is 0 Å². The Balaban J connectivity index is 3.11. The number of carbonyl (C=O) groups excluding carboxylic acids is 1. The fourth-order valence-corrected chi connectivity index (χ4v) is 0.882. The number of rotatable bonds is 1. The summed E-state index contributed by atoms with van der Waals surface area (Å²) < 4.78 is 4.49. The lowest BCUT2D eigenvalue weighted by atomic mass is 10.2. The summed E-state index contributed by atoms with van der Waals surface area (Å²) in [4.78, 5) is 18.0. The van der Waals surface area contributed by atoms with Gasteiger partial charge in [-0.15, -0.1) is 0 Å². The van der Waals surface area contributed by atoms with E-state index in [1.165, 1.54) is 13.3 Å². The van der Waals surface area contributed by atoms with Crippen molar-refractivity contribution in [2.24, 2.45) is 0 Å². The number of hydrogen-bond acceptors (Lipinski definition) is 3. The van der Waals surface area contributed by atoms with E-state index < -0.39 is 5.97 Å². The quantitative estimate of drug-likeness (QED) is 0.483. The lowest BCUT2D eigenvalue weighted by Crippen LogP contribution is -2.03. The molecule has 0 aliphatic carbocycles. The van der Waals surface area contributed by atoms with Crippen molar-refractivity contribution in [1.82, 2.24) is 4.98 Å². The summed E-state index contributed by atoms with van der Waals surface area (Å²) >= 11 is 0. The molecule has 0 saturated heterocycles. The third kappa shape index (κ3) is 1.82. The van der Waals surface area contributed by atoms with Gasteiger partial charge in [0.1, 0.15) is 5.69 Å². The highest BCUT2D eigenvalue weighted by molar-refractivity contribution is 5.87. The predicted octanol–water partition coefficient (Wildman–Crippen LogP) is 1.73. The van der Waals surface area contributed by atoms with E-state index in [9.17, 15) is 4.79 Å². The first-order valence-corrected chi connectivity index (χ1v) is 3.61. The standard InChI is InChI=1S/C9H8N2O2/c1-6-4-7(9(12)13-3)11-5-8(6)10-2/h4-5H,1,3H3. The molecule has 0 radical (unpaired) electrons. The number of aryl methyl sites for hydroxylation is 1. The predicted molar refractivity (Wildman–Crippen MR) is 46.6 cm³/mol. The average Bonchev–Trinajstić information content (AvgIpc) is 2.16. The highest BCUT2D eigenvalue weighted by atomic mass is 16.5. The van der Waals surface area contributed by atoms with E-state index in [2.05, 4.69) is 14.6 Å². The smallest absolute Gasteiger partial charge is 0.356 e. The number of nitrogens with zero attached hydrogens (tertiary/aromatic N) is 2. The Hall–Kier alpha value is -1.89. The van der Waals surface area contributed by atoms with Crippen LogP contribution in [0.3, 0.4) is 0 Å². The van der Waals surface area contributed by atoms with Crippen LogP contribution >= 0.6 is 0 Å². The molecule has 0 amide bonds. The van der Waals surface area contributed by atoms with Gasteiger partial charge in [0.2, 0.25) is 5.69 Å². The average molecular weight is 176 g/mol. The summed E-state index contributed by atoms with van der Waals surface area (Å²) in [5, 5.41) is 0. The molecule has 1 rings (SSSR count). The van der Waals surface area contributed by atoms with Crippen LogP contribution < -0.4 is 0 Å². The Morgan fingerprint density at radius 1 is 1.69 bits per heavy atom. The Morgan fingerprint density at radius 3 is 2.85 bits per heavy atom. The molecule has 0 bridgehead atoms. The first-order chi connectivity index (χ1) is 6.19. The molecule has 1 aromatic rings. The number of aromatic nitrogens is 1. The maximum Gasteiger partial charge on any atom is 0.356 e. The lowest BCUT2D eigenvalue weighted by Gasteiger charge is -2.00. The number of ether oxygens (including phenoxy) is 1. The van der Waals surface area contributed by atoms with Gasteiger partial charge in [-0.25, -0.2) is 9.64 Å². The Labute approximate surface area is 76.0 Å². The summed E-state index contributed by atoms with van der Waals surface area (Å²) in [6, 6.07) is 1.54. The molecule has 0 N–H and O–H groups in total. The molecule has 13 heavy (non-hydrogen) atoms. The van der Waals surface area contributed by atoms with Gasteiger partial charge in [-0.1, -0.05) is 0 Å². The zero-order chi connectivity index (χ0) is 9.84. The summed E-state index contributed by atoms with van der Waals surface area (Å²) in [5.41, 5.74) is 1.41. The van der Waals surface area contributed by atoms with E-state index in [1.54, 1.807) is 13.0 Å². The molecule has 0 aliphatic rings. The van der Waals surface area contributed by atoms with Gasteiger partial charge in [0.25, 0.3) is 0 Å². The molecular weight excluding hydrogens is 168 g/mol. The minimum absolute atomic E-state index is 0.229. The number of esters is 1. The summed E-state index contributed by atoms with van der Waals surface area (Å²) in [5.74, 6) is -0.486. The molecule has 0 saturated carbocycles. The normalized spacial score (nSPS) is 9.00. The Morgan fingerprint density at radius 2 is 2.38 bits per heavy atom. The molecule has 0 aromatic carbocycles. The number of hydrogen-bond donors (Lipinski definition) is 0. The summed E-state index contributed by atoms with van der Waals surface area (Å²) in [7, 11) is 1.29. The van der Waals surface area contributed by atoms with E-state index in [-0.39, 0.29) is 5.69 Å². The second-order valence-corrected chi connectivity index (χ2v) is 2.46. The van der Waals surface area contributed by atoms with Gasteiger partial charge >= 0.3 is 5.97 Å². The largest absolute Gasteiger partial charge is 0.464 e. The fraction of sp³-hybridized carbons (Fsp3) is 0.222. The van der Waals surface area contributed by atoms with Crippen molar-refractivity contribution in [3.05, 3.63) is 34.9 Å². The van der Waals surface area contributed by atoms with Crippen LogP contribution in [0.15, 0.2) is 12.3 Å². The van der Waals surface area contributed by atoms with E-state index in [4.69, 9.17) is 6.57 Å². The molecule has 4 nitrogen and oxygen atoms in total. The van der Waals surface area contributed by atoms with Crippen LogP contribution in [0.4, 0.5) is 5.69 Å². The van der Waals surface area contributed by atoms with Gasteiger partial charge in [0.05, 0.1) is 13.7 Å². The molecule has 1 aromatic heterocycles. The van der Waals surface area contributed by atoms with Crippen LogP contribution in [0.25, 0.3) is 4.85 Å². The van der Waals surface area contributed by atoms with Gasteiger partial charge in [0.15, 0.2) is 0 Å². The van der Waals surface area contributed by atoms with Gasteiger partial charge < -0.3 is 4.74 Å². The molecule has 0 fully saturated rings. The maximum absolute atomic E-state index is 11.0. The molecule has 4 heteroatoms. The van der Waals surface area contributed by atoms with Crippen molar-refractivity contribution in [1.29, 1.82) is 0 Å². The van der Waals surface area contributed by atoms with E-state index >= 15 is 0 Å². The molecule has 1 heterocycles. The second kappa shape index (κ2) is 3.68. The van der Waals surface area contributed by atoms with Crippen molar-refractivity contribution in [2.45, 2.75) is 6.92 Å². The molecular formula is C9H8N2O2. The first kappa shape index (κ1) is 9.20. The van der Waals surface area contributed by atoms with E-state index in [1.807, 2.05) is 0 Å².